The first-order valence-electron chi connectivity index (χ1n) is 7.79. The summed E-state index contributed by atoms with van der Waals surface area (Å²) in [4.78, 5) is 26.2. The zero-order valence-electron chi connectivity index (χ0n) is 14.0. The van der Waals surface area contributed by atoms with E-state index in [4.69, 9.17) is 9.79 Å². The average Bonchev–Trinajstić information content (AvgIpc) is 2.41. The lowest BCUT2D eigenvalue weighted by molar-refractivity contribution is -0.709. The van der Waals surface area contributed by atoms with E-state index in [-0.39, 0.29) is 6.61 Å². The molecule has 0 aliphatic heterocycles. The molecule has 0 heterocycles. The van der Waals surface area contributed by atoms with Gasteiger partial charge in [0.15, 0.2) is 0 Å². The van der Waals surface area contributed by atoms with E-state index in [1.54, 1.807) is 0 Å². The highest BCUT2D eigenvalue weighted by atomic mass is 31.2. The molecule has 0 rings (SSSR count). The van der Waals surface area contributed by atoms with Crippen molar-refractivity contribution in [3.63, 3.8) is 0 Å². The lowest BCUT2D eigenvalue weighted by Crippen LogP contribution is -2.15. The third kappa shape index (κ3) is 19.9. The van der Waals surface area contributed by atoms with Crippen LogP contribution in [0.1, 0.15) is 59.3 Å². The first-order chi connectivity index (χ1) is 10.8. The van der Waals surface area contributed by atoms with Crippen molar-refractivity contribution in [3.8, 4) is 0 Å². The molecular weight excluding hydrogens is 331 g/mol. The zero-order chi connectivity index (χ0) is 17.6. The van der Waals surface area contributed by atoms with Crippen LogP contribution < -0.4 is 0 Å². The lowest BCUT2D eigenvalue weighted by Gasteiger charge is -2.11. The van der Waals surface area contributed by atoms with Crippen LogP contribution in [0.15, 0.2) is 0 Å². The van der Waals surface area contributed by atoms with Gasteiger partial charge < -0.3 is 9.79 Å². The fraction of sp³-hybridized carbons (Fsp3) is 1.00. The number of unbranched alkanes of at least 4 members (excludes halogenated alkanes) is 4. The second-order valence-electron chi connectivity index (χ2n) is 5.67. The van der Waals surface area contributed by atoms with Crippen LogP contribution in [-0.4, -0.2) is 29.1 Å². The number of hydrogen-bond donors (Lipinski definition) is 2. The number of hydrogen-bond acceptors (Lipinski definition) is 7. The van der Waals surface area contributed by atoms with Gasteiger partial charge in [-0.25, -0.2) is 14.3 Å². The topological polar surface area (TPSA) is 113 Å². The van der Waals surface area contributed by atoms with Crippen molar-refractivity contribution in [2.24, 2.45) is 5.92 Å². The van der Waals surface area contributed by atoms with E-state index < -0.39 is 13.9 Å². The Labute approximate surface area is 137 Å². The van der Waals surface area contributed by atoms with Crippen molar-refractivity contribution in [3.05, 3.63) is 0 Å². The molecule has 0 radical (unpaired) electrons. The van der Waals surface area contributed by atoms with Gasteiger partial charge in [0.25, 0.3) is 0 Å². The summed E-state index contributed by atoms with van der Waals surface area (Å²) in [7, 11) is -4.54. The summed E-state index contributed by atoms with van der Waals surface area (Å²) in [5.74, 6) is 0.762. The van der Waals surface area contributed by atoms with Crippen molar-refractivity contribution in [1.29, 1.82) is 0 Å². The van der Waals surface area contributed by atoms with Gasteiger partial charge in [-0.15, -0.1) is 0 Å². The summed E-state index contributed by atoms with van der Waals surface area (Å²) in [6.45, 7) is 5.95. The predicted molar refractivity (Wildman–Crippen MR) is 80.3 cm³/mol. The standard InChI is InChI=1S/C13H29O9P/c1-12(2)9-7-5-4-6-8-10-17-20-22-21-18-11-13(3)19-23(14,15)16/h12-13H,4-11H2,1-3H3,(H2,14,15,16). The summed E-state index contributed by atoms with van der Waals surface area (Å²) in [6, 6.07) is 0. The van der Waals surface area contributed by atoms with Gasteiger partial charge >= 0.3 is 7.82 Å². The van der Waals surface area contributed by atoms with E-state index in [0.29, 0.717) is 6.61 Å². The minimum atomic E-state index is -4.54. The summed E-state index contributed by atoms with van der Waals surface area (Å²) in [5, 5.41) is 12.4. The molecule has 23 heavy (non-hydrogen) atoms. The number of phosphoric acid groups is 1. The molecule has 0 aliphatic carbocycles. The molecular formula is C13H29O9P. The minimum Gasteiger partial charge on any atom is -0.303 e. The normalized spacial score (nSPS) is 13.7. The van der Waals surface area contributed by atoms with Crippen LogP contribution in [0.2, 0.25) is 0 Å². The number of phosphoric ester groups is 1. The highest BCUT2D eigenvalue weighted by Crippen LogP contribution is 2.37. The second-order valence-corrected chi connectivity index (χ2v) is 6.86. The van der Waals surface area contributed by atoms with E-state index in [1.165, 1.54) is 26.2 Å². The largest absolute Gasteiger partial charge is 0.469 e. The Bertz CT molecular complexity index is 308. The van der Waals surface area contributed by atoms with Crippen molar-refractivity contribution >= 4 is 7.82 Å². The van der Waals surface area contributed by atoms with Gasteiger partial charge in [0.2, 0.25) is 0 Å². The monoisotopic (exact) mass is 360 g/mol. The van der Waals surface area contributed by atoms with Gasteiger partial charge in [-0.05, 0) is 34.4 Å². The van der Waals surface area contributed by atoms with Gasteiger partial charge in [-0.3, -0.25) is 4.52 Å². The van der Waals surface area contributed by atoms with Gasteiger partial charge in [0.05, 0.1) is 12.7 Å². The predicted octanol–water partition coefficient (Wildman–Crippen LogP) is 3.22. The summed E-state index contributed by atoms with van der Waals surface area (Å²) < 4.78 is 14.8. The Morgan fingerprint density at radius 1 is 0.870 bits per heavy atom. The van der Waals surface area contributed by atoms with Crippen LogP contribution in [0.4, 0.5) is 0 Å². The van der Waals surface area contributed by atoms with Crippen LogP contribution in [0.3, 0.4) is 0 Å². The van der Waals surface area contributed by atoms with E-state index in [0.717, 1.165) is 25.2 Å². The van der Waals surface area contributed by atoms with Gasteiger partial charge in [0.1, 0.15) is 6.61 Å². The molecule has 1 unspecified atom stereocenters. The highest BCUT2D eigenvalue weighted by Gasteiger charge is 2.19. The Morgan fingerprint density at radius 3 is 2.13 bits per heavy atom. The van der Waals surface area contributed by atoms with E-state index in [1.807, 2.05) is 0 Å². The molecule has 10 heteroatoms. The zero-order valence-corrected chi connectivity index (χ0v) is 14.9. The molecule has 0 saturated carbocycles. The van der Waals surface area contributed by atoms with Crippen LogP contribution in [0.5, 0.6) is 0 Å². The SMILES string of the molecule is CC(C)CCCCCCCOOOOOCC(C)OP(=O)(O)O. The maximum absolute atomic E-state index is 10.5. The number of rotatable bonds is 16. The Morgan fingerprint density at radius 2 is 1.48 bits per heavy atom. The van der Waals surface area contributed by atoms with Crippen molar-refractivity contribution < 1.29 is 43.8 Å². The van der Waals surface area contributed by atoms with Crippen molar-refractivity contribution in [2.75, 3.05) is 13.2 Å². The molecule has 0 aromatic heterocycles. The third-order valence-electron chi connectivity index (χ3n) is 2.78. The maximum Gasteiger partial charge on any atom is 0.469 e. The van der Waals surface area contributed by atoms with Gasteiger partial charge in [-0.2, -0.15) is 0 Å². The highest BCUT2D eigenvalue weighted by molar-refractivity contribution is 7.46. The second kappa shape index (κ2) is 14.3. The van der Waals surface area contributed by atoms with Crippen LogP contribution in [-0.2, 0) is 34.0 Å². The Kier molecular flexibility index (Phi) is 14.2. The first-order valence-corrected chi connectivity index (χ1v) is 9.32. The smallest absolute Gasteiger partial charge is 0.303 e. The Balaban J connectivity index is 3.18. The van der Waals surface area contributed by atoms with E-state index in [2.05, 4.69) is 43.3 Å². The Hall–Kier alpha value is -0.0900. The molecule has 2 N–H and O–H groups in total. The molecule has 0 aliphatic rings. The molecule has 0 aromatic carbocycles. The molecule has 1 atom stereocenters. The fourth-order valence-electron chi connectivity index (χ4n) is 1.72. The lowest BCUT2D eigenvalue weighted by atomic mass is 10.0. The van der Waals surface area contributed by atoms with E-state index in [9.17, 15) is 4.57 Å². The quantitative estimate of drug-likeness (QED) is 0.185. The molecule has 0 fully saturated rings. The molecule has 0 amide bonds. The van der Waals surface area contributed by atoms with Gasteiger partial charge in [-0.1, -0.05) is 46.0 Å². The van der Waals surface area contributed by atoms with Crippen LogP contribution in [0.25, 0.3) is 0 Å². The molecule has 140 valence electrons. The van der Waals surface area contributed by atoms with Gasteiger partial charge in [0, 0.05) is 0 Å². The third-order valence-corrected chi connectivity index (χ3v) is 3.42. The molecule has 0 saturated heterocycles. The summed E-state index contributed by atoms with van der Waals surface area (Å²) in [6.07, 6.45) is 5.93. The van der Waals surface area contributed by atoms with Crippen molar-refractivity contribution in [1.82, 2.24) is 0 Å². The first kappa shape index (κ1) is 22.9. The average molecular weight is 360 g/mol. The molecule has 0 aromatic rings. The molecule has 0 spiro atoms. The van der Waals surface area contributed by atoms with E-state index >= 15 is 0 Å². The minimum absolute atomic E-state index is 0.259. The summed E-state index contributed by atoms with van der Waals surface area (Å²) >= 11 is 0. The van der Waals surface area contributed by atoms with Crippen molar-refractivity contribution in [2.45, 2.75) is 65.4 Å². The molecule has 9 nitrogen and oxygen atoms in total. The maximum atomic E-state index is 10.5. The van der Waals surface area contributed by atoms with Crippen LogP contribution in [0, 0.1) is 5.92 Å². The summed E-state index contributed by atoms with van der Waals surface area (Å²) in [5.41, 5.74) is 0. The fourth-order valence-corrected chi connectivity index (χ4v) is 2.25. The van der Waals surface area contributed by atoms with Crippen LogP contribution >= 0.6 is 7.82 Å². The molecule has 0 bridgehead atoms.